The Labute approximate surface area is 165 Å². The molecule has 4 rings (SSSR count). The monoisotopic (exact) mass is 401 g/mol. The molecule has 1 aliphatic rings. The van der Waals surface area contributed by atoms with E-state index in [9.17, 15) is 9.18 Å². The molecule has 3 heterocycles. The number of amides is 1. The van der Waals surface area contributed by atoms with Gasteiger partial charge in [0.05, 0.1) is 25.5 Å². The summed E-state index contributed by atoms with van der Waals surface area (Å²) in [6, 6.07) is 8.43. The fourth-order valence-corrected chi connectivity index (χ4v) is 4.00. The van der Waals surface area contributed by atoms with Crippen molar-refractivity contribution in [2.75, 3.05) is 25.1 Å². The molecule has 0 bridgehead atoms. The van der Waals surface area contributed by atoms with E-state index < -0.39 is 6.10 Å². The maximum Gasteiger partial charge on any atom is 0.257 e. The minimum absolute atomic E-state index is 0.252. The Morgan fingerprint density at radius 3 is 2.79 bits per heavy atom. The van der Waals surface area contributed by atoms with Crippen molar-refractivity contribution in [3.63, 3.8) is 0 Å². The number of ether oxygens (including phenoxy) is 2. The lowest BCUT2D eigenvalue weighted by atomic mass is 10.2. The molecule has 1 fully saturated rings. The largest absolute Gasteiger partial charge is 0.376 e. The van der Waals surface area contributed by atoms with Crippen LogP contribution < -0.4 is 5.32 Å². The summed E-state index contributed by atoms with van der Waals surface area (Å²) in [7, 11) is 0. The lowest BCUT2D eigenvalue weighted by Gasteiger charge is -2.21. The number of benzene rings is 1. The van der Waals surface area contributed by atoms with Crippen LogP contribution in [-0.4, -0.2) is 41.4 Å². The smallest absolute Gasteiger partial charge is 0.257 e. The lowest BCUT2D eigenvalue weighted by molar-refractivity contribution is -0.142. The van der Waals surface area contributed by atoms with E-state index in [2.05, 4.69) is 14.9 Å². The number of carbonyl (C=O) groups is 1. The summed E-state index contributed by atoms with van der Waals surface area (Å²) in [5, 5.41) is 5.22. The molecular formula is C20H20FN3O3S. The van der Waals surface area contributed by atoms with Gasteiger partial charge in [0.1, 0.15) is 5.82 Å². The molecule has 1 atom stereocenters. The van der Waals surface area contributed by atoms with Crippen LogP contribution in [0.25, 0.3) is 16.9 Å². The van der Waals surface area contributed by atoms with Crippen LogP contribution in [0.3, 0.4) is 0 Å². The van der Waals surface area contributed by atoms with Gasteiger partial charge >= 0.3 is 0 Å². The lowest BCUT2D eigenvalue weighted by Crippen LogP contribution is -2.39. The van der Waals surface area contributed by atoms with Gasteiger partial charge in [-0.2, -0.15) is 0 Å². The third kappa shape index (κ3) is 3.71. The van der Waals surface area contributed by atoms with Gasteiger partial charge in [-0.05, 0) is 44.2 Å². The Balaban J connectivity index is 1.56. The van der Waals surface area contributed by atoms with Crippen LogP contribution in [-0.2, 0) is 14.3 Å². The molecule has 0 saturated carbocycles. The number of aryl methyl sites for hydroxylation is 1. The zero-order valence-electron chi connectivity index (χ0n) is 15.6. The van der Waals surface area contributed by atoms with Crippen LogP contribution in [0, 0.1) is 19.7 Å². The molecule has 2 aromatic heterocycles. The molecular weight excluding hydrogens is 381 g/mol. The highest BCUT2D eigenvalue weighted by Gasteiger charge is 2.24. The molecule has 1 N–H and O–H groups in total. The molecule has 1 aliphatic heterocycles. The first-order valence-corrected chi connectivity index (χ1v) is 9.82. The van der Waals surface area contributed by atoms with Gasteiger partial charge in [0.2, 0.25) is 0 Å². The summed E-state index contributed by atoms with van der Waals surface area (Å²) in [6.45, 7) is 5.17. The van der Waals surface area contributed by atoms with Crippen molar-refractivity contribution in [3.8, 4) is 16.9 Å². The van der Waals surface area contributed by atoms with Gasteiger partial charge in [0.15, 0.2) is 11.2 Å². The zero-order chi connectivity index (χ0) is 19.7. The Bertz CT molecular complexity index is 991. The molecule has 28 heavy (non-hydrogen) atoms. The molecule has 1 saturated heterocycles. The van der Waals surface area contributed by atoms with Crippen molar-refractivity contribution < 1.29 is 18.7 Å². The van der Waals surface area contributed by atoms with Crippen LogP contribution in [0.1, 0.15) is 11.4 Å². The number of rotatable bonds is 4. The molecule has 1 unspecified atom stereocenters. The molecule has 0 radical (unpaired) electrons. The summed E-state index contributed by atoms with van der Waals surface area (Å²) in [5.41, 5.74) is 4.65. The van der Waals surface area contributed by atoms with Gasteiger partial charge in [0, 0.05) is 28.0 Å². The van der Waals surface area contributed by atoms with E-state index in [0.29, 0.717) is 18.3 Å². The third-order valence-corrected chi connectivity index (χ3v) is 5.39. The van der Waals surface area contributed by atoms with Crippen molar-refractivity contribution in [2.24, 2.45) is 0 Å². The fraction of sp³-hybridized carbons (Fsp3) is 0.300. The topological polar surface area (TPSA) is 65.4 Å². The van der Waals surface area contributed by atoms with E-state index in [0.717, 1.165) is 28.3 Å². The maximum atomic E-state index is 13.2. The first kappa shape index (κ1) is 18.8. The van der Waals surface area contributed by atoms with Gasteiger partial charge in [0.25, 0.3) is 5.91 Å². The minimum Gasteiger partial charge on any atom is -0.376 e. The average molecular weight is 401 g/mol. The standard InChI is InChI=1S/C20H20FN3O3S/c1-12-9-16(13(2)24(12)15-5-3-14(21)4-6-15)17-11-28-20(22-17)23-19(25)18-10-26-7-8-27-18/h3-6,9,11,18H,7-8,10H2,1-2H3,(H,22,23,25). The first-order valence-electron chi connectivity index (χ1n) is 8.94. The van der Waals surface area contributed by atoms with Crippen LogP contribution >= 0.6 is 11.3 Å². The third-order valence-electron chi connectivity index (χ3n) is 4.63. The molecule has 3 aromatic rings. The molecule has 0 aliphatic carbocycles. The average Bonchev–Trinajstić information content (AvgIpc) is 3.27. The predicted octanol–water partition coefficient (Wildman–Crippen LogP) is 3.71. The first-order chi connectivity index (χ1) is 13.5. The van der Waals surface area contributed by atoms with E-state index in [1.54, 1.807) is 12.1 Å². The van der Waals surface area contributed by atoms with Crippen LogP contribution in [0.4, 0.5) is 9.52 Å². The summed E-state index contributed by atoms with van der Waals surface area (Å²) in [5.74, 6) is -0.518. The predicted molar refractivity (Wildman–Crippen MR) is 105 cm³/mol. The Hall–Kier alpha value is -2.55. The number of nitrogens with zero attached hydrogens (tertiary/aromatic N) is 2. The van der Waals surface area contributed by atoms with E-state index in [1.807, 2.05) is 25.3 Å². The number of nitrogens with one attached hydrogen (secondary N) is 1. The van der Waals surface area contributed by atoms with Crippen molar-refractivity contribution in [2.45, 2.75) is 20.0 Å². The molecule has 0 spiro atoms. The number of aromatic nitrogens is 2. The number of thiazole rings is 1. The maximum absolute atomic E-state index is 13.2. The highest BCUT2D eigenvalue weighted by molar-refractivity contribution is 7.14. The summed E-state index contributed by atoms with van der Waals surface area (Å²) in [6.07, 6.45) is -0.607. The van der Waals surface area contributed by atoms with E-state index in [4.69, 9.17) is 9.47 Å². The molecule has 6 nitrogen and oxygen atoms in total. The number of halogens is 1. The van der Waals surface area contributed by atoms with E-state index in [-0.39, 0.29) is 18.3 Å². The molecule has 1 amide bonds. The van der Waals surface area contributed by atoms with Gasteiger partial charge in [-0.1, -0.05) is 0 Å². The second-order valence-corrected chi connectivity index (χ2v) is 7.42. The Morgan fingerprint density at radius 2 is 2.07 bits per heavy atom. The van der Waals surface area contributed by atoms with Crippen LogP contribution in [0.5, 0.6) is 0 Å². The summed E-state index contributed by atoms with van der Waals surface area (Å²) < 4.78 is 26.0. The van der Waals surface area contributed by atoms with E-state index >= 15 is 0 Å². The van der Waals surface area contributed by atoms with E-state index in [1.165, 1.54) is 23.5 Å². The van der Waals surface area contributed by atoms with Crippen LogP contribution in [0.2, 0.25) is 0 Å². The molecule has 1 aromatic carbocycles. The zero-order valence-corrected chi connectivity index (χ0v) is 16.4. The minimum atomic E-state index is -0.607. The highest BCUT2D eigenvalue weighted by atomic mass is 32.1. The number of hydrogen-bond acceptors (Lipinski definition) is 5. The summed E-state index contributed by atoms with van der Waals surface area (Å²) >= 11 is 1.36. The fourth-order valence-electron chi connectivity index (χ4n) is 3.29. The Morgan fingerprint density at radius 1 is 1.29 bits per heavy atom. The van der Waals surface area contributed by atoms with Gasteiger partial charge in [-0.15, -0.1) is 11.3 Å². The van der Waals surface area contributed by atoms with Crippen molar-refractivity contribution in [1.29, 1.82) is 0 Å². The van der Waals surface area contributed by atoms with Crippen molar-refractivity contribution in [3.05, 3.63) is 52.9 Å². The number of hydrogen-bond donors (Lipinski definition) is 1. The van der Waals surface area contributed by atoms with Crippen molar-refractivity contribution >= 4 is 22.4 Å². The van der Waals surface area contributed by atoms with Crippen molar-refractivity contribution in [1.82, 2.24) is 9.55 Å². The Kier molecular flexibility index (Phi) is 5.25. The number of anilines is 1. The van der Waals surface area contributed by atoms with Crippen LogP contribution in [0.15, 0.2) is 35.7 Å². The molecule has 8 heteroatoms. The van der Waals surface area contributed by atoms with Gasteiger partial charge < -0.3 is 14.0 Å². The second kappa shape index (κ2) is 7.83. The normalized spacial score (nSPS) is 16.9. The highest BCUT2D eigenvalue weighted by Crippen LogP contribution is 2.31. The molecule has 146 valence electrons. The second-order valence-electron chi connectivity index (χ2n) is 6.56. The summed E-state index contributed by atoms with van der Waals surface area (Å²) in [4.78, 5) is 16.8. The van der Waals surface area contributed by atoms with Gasteiger partial charge in [-0.25, -0.2) is 9.37 Å². The van der Waals surface area contributed by atoms with Gasteiger partial charge in [-0.3, -0.25) is 10.1 Å². The number of carbonyl (C=O) groups excluding carboxylic acids is 1. The SMILES string of the molecule is Cc1cc(-c2csc(NC(=O)C3COCCO3)n2)c(C)n1-c1ccc(F)cc1. The quantitative estimate of drug-likeness (QED) is 0.724.